The lowest BCUT2D eigenvalue weighted by atomic mass is 9.99. The van der Waals surface area contributed by atoms with Crippen LogP contribution in [0.1, 0.15) is 54.5 Å². The molecular formula is C17H24N4OS. The van der Waals surface area contributed by atoms with Crippen molar-refractivity contribution in [3.05, 3.63) is 34.8 Å². The van der Waals surface area contributed by atoms with Crippen molar-refractivity contribution in [2.24, 2.45) is 0 Å². The summed E-state index contributed by atoms with van der Waals surface area (Å²) in [5.74, 6) is 0.110. The van der Waals surface area contributed by atoms with Crippen LogP contribution in [0, 0.1) is 0 Å². The molecule has 1 saturated heterocycles. The maximum absolute atomic E-state index is 12.8. The van der Waals surface area contributed by atoms with Gasteiger partial charge >= 0.3 is 0 Å². The van der Waals surface area contributed by atoms with Gasteiger partial charge in [-0.3, -0.25) is 4.79 Å². The van der Waals surface area contributed by atoms with Crippen LogP contribution in [0.3, 0.4) is 0 Å². The van der Waals surface area contributed by atoms with Crippen molar-refractivity contribution in [1.29, 1.82) is 0 Å². The molecule has 0 bridgehead atoms. The third kappa shape index (κ3) is 3.99. The molecule has 1 atom stereocenters. The lowest BCUT2D eigenvalue weighted by molar-refractivity contribution is 0.0590. The molecule has 1 fully saturated rings. The van der Waals surface area contributed by atoms with Crippen LogP contribution in [0.4, 0.5) is 0 Å². The van der Waals surface area contributed by atoms with E-state index in [9.17, 15) is 4.79 Å². The maximum atomic E-state index is 12.8. The topological polar surface area (TPSA) is 51.0 Å². The number of amides is 1. The lowest BCUT2D eigenvalue weighted by Crippen LogP contribution is -2.44. The SMILES string of the molecule is CCCc1nc(C(=O)N2CCCC[C@H]2CCn2ccnc2)cs1. The number of nitrogens with zero attached hydrogens (tertiary/aromatic N) is 4. The zero-order valence-corrected chi connectivity index (χ0v) is 14.5. The van der Waals surface area contributed by atoms with Crippen molar-refractivity contribution in [2.45, 2.75) is 58.0 Å². The van der Waals surface area contributed by atoms with Gasteiger partial charge in [-0.25, -0.2) is 9.97 Å². The minimum absolute atomic E-state index is 0.110. The molecular weight excluding hydrogens is 308 g/mol. The molecule has 1 aliphatic heterocycles. The second-order valence-corrected chi connectivity index (χ2v) is 7.06. The number of hydrogen-bond donors (Lipinski definition) is 0. The van der Waals surface area contributed by atoms with Gasteiger partial charge in [-0.15, -0.1) is 11.3 Å². The fraction of sp³-hybridized carbons (Fsp3) is 0.588. The Balaban J connectivity index is 1.65. The van der Waals surface area contributed by atoms with Crippen LogP contribution < -0.4 is 0 Å². The molecule has 3 heterocycles. The molecule has 1 amide bonds. The average Bonchev–Trinajstić information content (AvgIpc) is 3.25. The predicted molar refractivity (Wildman–Crippen MR) is 91.6 cm³/mol. The van der Waals surface area contributed by atoms with E-state index in [-0.39, 0.29) is 5.91 Å². The van der Waals surface area contributed by atoms with Gasteiger partial charge in [0, 0.05) is 36.9 Å². The fourth-order valence-corrected chi connectivity index (χ4v) is 4.04. The Morgan fingerprint density at radius 2 is 2.35 bits per heavy atom. The molecule has 0 N–H and O–H groups in total. The van der Waals surface area contributed by atoms with Crippen LogP contribution in [0.5, 0.6) is 0 Å². The van der Waals surface area contributed by atoms with Crippen LogP contribution in [-0.4, -0.2) is 37.9 Å². The van der Waals surface area contributed by atoms with E-state index in [4.69, 9.17) is 0 Å². The van der Waals surface area contributed by atoms with Crippen LogP contribution in [0.15, 0.2) is 24.1 Å². The summed E-state index contributed by atoms with van der Waals surface area (Å²) in [5, 5.41) is 3.00. The third-order valence-electron chi connectivity index (χ3n) is 4.40. The normalized spacial score (nSPS) is 18.3. The summed E-state index contributed by atoms with van der Waals surface area (Å²) in [5.41, 5.74) is 0.632. The number of aromatic nitrogens is 3. The van der Waals surface area contributed by atoms with Gasteiger partial charge in [-0.05, 0) is 38.5 Å². The quantitative estimate of drug-likeness (QED) is 0.815. The molecule has 0 aliphatic carbocycles. The Labute approximate surface area is 141 Å². The van der Waals surface area contributed by atoms with E-state index in [0.717, 1.165) is 50.2 Å². The lowest BCUT2D eigenvalue weighted by Gasteiger charge is -2.35. The van der Waals surface area contributed by atoms with E-state index in [1.165, 1.54) is 6.42 Å². The van der Waals surface area contributed by atoms with Crippen LogP contribution >= 0.6 is 11.3 Å². The third-order valence-corrected chi connectivity index (χ3v) is 5.31. The van der Waals surface area contributed by atoms with Gasteiger partial charge in [0.25, 0.3) is 5.91 Å². The van der Waals surface area contributed by atoms with Gasteiger partial charge < -0.3 is 9.47 Å². The summed E-state index contributed by atoms with van der Waals surface area (Å²) in [6.07, 6.45) is 12.0. The number of carbonyl (C=O) groups excluding carboxylic acids is 1. The van der Waals surface area contributed by atoms with Gasteiger partial charge in [-0.2, -0.15) is 0 Å². The van der Waals surface area contributed by atoms with Crippen molar-refractivity contribution in [3.8, 4) is 0 Å². The second kappa shape index (κ2) is 7.73. The van der Waals surface area contributed by atoms with Crippen molar-refractivity contribution >= 4 is 17.2 Å². The van der Waals surface area contributed by atoms with Gasteiger partial charge in [0.05, 0.1) is 11.3 Å². The number of aryl methyl sites for hydroxylation is 2. The highest BCUT2D eigenvalue weighted by Gasteiger charge is 2.28. The molecule has 0 unspecified atom stereocenters. The smallest absolute Gasteiger partial charge is 0.273 e. The van der Waals surface area contributed by atoms with Gasteiger partial charge in [0.15, 0.2) is 0 Å². The first-order valence-corrected chi connectivity index (χ1v) is 9.37. The first-order chi connectivity index (χ1) is 11.3. The molecule has 0 radical (unpaired) electrons. The summed E-state index contributed by atoms with van der Waals surface area (Å²) >= 11 is 1.61. The van der Waals surface area contributed by atoms with E-state index in [2.05, 4.69) is 21.5 Å². The molecule has 3 rings (SSSR count). The maximum Gasteiger partial charge on any atom is 0.273 e. The Kier molecular flexibility index (Phi) is 5.43. The van der Waals surface area contributed by atoms with Crippen LogP contribution in [-0.2, 0) is 13.0 Å². The summed E-state index contributed by atoms with van der Waals surface area (Å²) < 4.78 is 2.08. The van der Waals surface area contributed by atoms with Gasteiger partial charge in [0.2, 0.25) is 0 Å². The van der Waals surface area contributed by atoms with E-state index in [0.29, 0.717) is 11.7 Å². The summed E-state index contributed by atoms with van der Waals surface area (Å²) in [6.45, 7) is 3.90. The van der Waals surface area contributed by atoms with Gasteiger partial charge in [0.1, 0.15) is 5.69 Å². The van der Waals surface area contributed by atoms with E-state index < -0.39 is 0 Å². The number of piperidine rings is 1. The van der Waals surface area contributed by atoms with Crippen molar-refractivity contribution in [2.75, 3.05) is 6.54 Å². The number of rotatable bonds is 6. The largest absolute Gasteiger partial charge is 0.337 e. The fourth-order valence-electron chi connectivity index (χ4n) is 3.17. The van der Waals surface area contributed by atoms with Crippen molar-refractivity contribution in [3.63, 3.8) is 0 Å². The highest BCUT2D eigenvalue weighted by atomic mass is 32.1. The highest BCUT2D eigenvalue weighted by Crippen LogP contribution is 2.23. The van der Waals surface area contributed by atoms with E-state index >= 15 is 0 Å². The zero-order valence-electron chi connectivity index (χ0n) is 13.6. The van der Waals surface area contributed by atoms with Crippen molar-refractivity contribution < 1.29 is 4.79 Å². The standard InChI is InChI=1S/C17H24N4OS/c1-2-5-16-19-15(12-23-16)17(22)21-9-4-3-6-14(21)7-10-20-11-8-18-13-20/h8,11-14H,2-7,9-10H2,1H3/t14-/m0/s1. The summed E-state index contributed by atoms with van der Waals surface area (Å²) in [7, 11) is 0. The molecule has 5 nitrogen and oxygen atoms in total. The van der Waals surface area contributed by atoms with E-state index in [1.54, 1.807) is 17.5 Å². The minimum Gasteiger partial charge on any atom is -0.337 e. The number of hydrogen-bond acceptors (Lipinski definition) is 4. The zero-order chi connectivity index (χ0) is 16.1. The Bertz CT molecular complexity index is 622. The summed E-state index contributed by atoms with van der Waals surface area (Å²) in [4.78, 5) is 23.5. The predicted octanol–water partition coefficient (Wildman–Crippen LogP) is 3.38. The average molecular weight is 332 g/mol. The molecule has 0 saturated carbocycles. The number of imidazole rings is 1. The Morgan fingerprint density at radius 3 is 3.13 bits per heavy atom. The molecule has 0 aromatic carbocycles. The molecule has 1 aliphatic rings. The molecule has 0 spiro atoms. The van der Waals surface area contributed by atoms with Crippen molar-refractivity contribution in [1.82, 2.24) is 19.4 Å². The van der Waals surface area contributed by atoms with Crippen LogP contribution in [0.2, 0.25) is 0 Å². The molecule has 124 valence electrons. The monoisotopic (exact) mass is 332 g/mol. The van der Waals surface area contributed by atoms with Gasteiger partial charge in [-0.1, -0.05) is 6.92 Å². The minimum atomic E-state index is 0.110. The van der Waals surface area contributed by atoms with Crippen LogP contribution in [0.25, 0.3) is 0 Å². The summed E-state index contributed by atoms with van der Waals surface area (Å²) in [6, 6.07) is 0.315. The Hall–Kier alpha value is -1.69. The first kappa shape index (κ1) is 16.2. The van der Waals surface area contributed by atoms with E-state index in [1.807, 2.05) is 22.8 Å². The number of carbonyl (C=O) groups is 1. The molecule has 2 aromatic rings. The first-order valence-electron chi connectivity index (χ1n) is 8.49. The molecule has 6 heteroatoms. The molecule has 23 heavy (non-hydrogen) atoms. The second-order valence-electron chi connectivity index (χ2n) is 6.11. The molecule has 2 aromatic heterocycles. The number of thiazole rings is 1. The Morgan fingerprint density at radius 1 is 1.43 bits per heavy atom. The highest BCUT2D eigenvalue weighted by molar-refractivity contribution is 7.09. The number of likely N-dealkylation sites (tertiary alicyclic amines) is 1.